The zero-order valence-corrected chi connectivity index (χ0v) is 13.7. The van der Waals surface area contributed by atoms with Crippen LogP contribution in [0.4, 0.5) is 0 Å². The van der Waals surface area contributed by atoms with Crippen molar-refractivity contribution in [3.8, 4) is 6.07 Å². The van der Waals surface area contributed by atoms with E-state index in [1.54, 1.807) is 24.3 Å². The minimum absolute atomic E-state index is 0.0106. The van der Waals surface area contributed by atoms with Crippen LogP contribution in [0.2, 0.25) is 5.02 Å². The Morgan fingerprint density at radius 2 is 2.09 bits per heavy atom. The molecule has 1 aliphatic rings. The molecule has 0 saturated heterocycles. The number of hydrogen-bond donors (Lipinski definition) is 1. The van der Waals surface area contributed by atoms with Gasteiger partial charge >= 0.3 is 0 Å². The van der Waals surface area contributed by atoms with Crippen LogP contribution in [0.3, 0.4) is 0 Å². The van der Waals surface area contributed by atoms with Crippen LogP contribution in [0.25, 0.3) is 0 Å². The van der Waals surface area contributed by atoms with Gasteiger partial charge in [-0.25, -0.2) is 8.42 Å². The van der Waals surface area contributed by atoms with Crippen LogP contribution in [0.15, 0.2) is 24.3 Å². The Morgan fingerprint density at radius 1 is 1.45 bits per heavy atom. The lowest BCUT2D eigenvalue weighted by atomic mass is 10.0. The molecule has 1 unspecified atom stereocenters. The quantitative estimate of drug-likeness (QED) is 0.860. The minimum Gasteiger partial charge on any atom is -0.337 e. The van der Waals surface area contributed by atoms with Crippen molar-refractivity contribution in [1.82, 2.24) is 5.32 Å². The number of nitrogens with one attached hydrogen (secondary N) is 1. The number of hydrogen-bond acceptors (Lipinski definition) is 4. The van der Waals surface area contributed by atoms with Gasteiger partial charge in [-0.05, 0) is 24.3 Å². The zero-order chi connectivity index (χ0) is 16.4. The third kappa shape index (κ3) is 4.46. The molecule has 1 atom stereocenters. The number of halogens is 1. The first-order valence-electron chi connectivity index (χ1n) is 6.86. The SMILES string of the molecule is CS(=O)(=O)CC1(CC(=O)NC(C#N)c2ccccc2Cl)CC1. The van der Waals surface area contributed by atoms with Crippen LogP contribution in [-0.4, -0.2) is 26.3 Å². The Morgan fingerprint density at radius 3 is 2.59 bits per heavy atom. The Bertz CT molecular complexity index is 721. The molecule has 0 bridgehead atoms. The van der Waals surface area contributed by atoms with Crippen molar-refractivity contribution in [2.24, 2.45) is 5.41 Å². The first-order valence-corrected chi connectivity index (χ1v) is 9.30. The van der Waals surface area contributed by atoms with Crippen molar-refractivity contribution in [2.75, 3.05) is 12.0 Å². The fourth-order valence-corrected chi connectivity index (χ4v) is 4.29. The summed E-state index contributed by atoms with van der Waals surface area (Å²) in [7, 11) is -3.12. The summed E-state index contributed by atoms with van der Waals surface area (Å²) >= 11 is 6.03. The van der Waals surface area contributed by atoms with Crippen molar-refractivity contribution in [2.45, 2.75) is 25.3 Å². The number of rotatable bonds is 6. The van der Waals surface area contributed by atoms with E-state index >= 15 is 0 Å². The van der Waals surface area contributed by atoms with E-state index in [1.165, 1.54) is 6.26 Å². The lowest BCUT2D eigenvalue weighted by Crippen LogP contribution is -2.31. The highest BCUT2D eigenvalue weighted by Crippen LogP contribution is 2.49. The predicted molar refractivity (Wildman–Crippen MR) is 83.9 cm³/mol. The molecule has 0 spiro atoms. The van der Waals surface area contributed by atoms with Gasteiger partial charge in [0.2, 0.25) is 5.91 Å². The first-order chi connectivity index (χ1) is 10.2. The van der Waals surface area contributed by atoms with Crippen LogP contribution >= 0.6 is 11.6 Å². The summed E-state index contributed by atoms with van der Waals surface area (Å²) in [6.07, 6.45) is 2.73. The molecular weight excluding hydrogens is 324 g/mol. The summed E-state index contributed by atoms with van der Waals surface area (Å²) < 4.78 is 22.8. The molecule has 1 fully saturated rings. The Kier molecular flexibility index (Phi) is 4.78. The maximum Gasteiger partial charge on any atom is 0.221 e. The summed E-state index contributed by atoms with van der Waals surface area (Å²) in [6, 6.07) is 7.99. The number of carbonyl (C=O) groups excluding carboxylic acids is 1. The van der Waals surface area contributed by atoms with E-state index in [-0.39, 0.29) is 18.1 Å². The topological polar surface area (TPSA) is 87.0 Å². The van der Waals surface area contributed by atoms with Crippen LogP contribution in [0, 0.1) is 16.7 Å². The van der Waals surface area contributed by atoms with Crippen LogP contribution in [-0.2, 0) is 14.6 Å². The molecule has 1 aliphatic carbocycles. The highest BCUT2D eigenvalue weighted by Gasteiger charge is 2.46. The maximum atomic E-state index is 12.1. The fourth-order valence-electron chi connectivity index (χ4n) is 2.55. The summed E-state index contributed by atoms with van der Waals surface area (Å²) in [4.78, 5) is 12.1. The lowest BCUT2D eigenvalue weighted by molar-refractivity contribution is -0.122. The Labute approximate surface area is 135 Å². The molecular formula is C15H17ClN2O3S. The van der Waals surface area contributed by atoms with E-state index in [2.05, 4.69) is 5.32 Å². The number of sulfone groups is 1. The van der Waals surface area contributed by atoms with Crippen LogP contribution in [0.5, 0.6) is 0 Å². The van der Waals surface area contributed by atoms with Gasteiger partial charge in [0.25, 0.3) is 0 Å². The number of benzene rings is 1. The number of amides is 1. The van der Waals surface area contributed by atoms with E-state index in [0.717, 1.165) is 12.8 Å². The molecule has 1 N–H and O–H groups in total. The second-order valence-electron chi connectivity index (χ2n) is 5.90. The third-order valence-electron chi connectivity index (χ3n) is 3.71. The number of nitrogens with zero attached hydrogens (tertiary/aromatic N) is 1. The average Bonchev–Trinajstić information content (AvgIpc) is 3.13. The Balaban J connectivity index is 2.03. The van der Waals surface area contributed by atoms with E-state index in [9.17, 15) is 18.5 Å². The van der Waals surface area contributed by atoms with Crippen molar-refractivity contribution in [1.29, 1.82) is 5.26 Å². The molecule has 7 heteroatoms. The molecule has 0 radical (unpaired) electrons. The number of carbonyl (C=O) groups is 1. The standard InChI is InChI=1S/C15H17ClN2O3S/c1-22(20,21)10-15(6-7-15)8-14(19)18-13(9-17)11-4-2-3-5-12(11)16/h2-5,13H,6-8,10H2,1H3,(H,18,19). The largest absolute Gasteiger partial charge is 0.337 e. The molecule has 0 heterocycles. The molecule has 2 rings (SSSR count). The molecule has 1 aromatic carbocycles. The summed E-state index contributed by atoms with van der Waals surface area (Å²) in [5.74, 6) is -0.316. The average molecular weight is 341 g/mol. The van der Waals surface area contributed by atoms with Gasteiger partial charge in [0.15, 0.2) is 0 Å². The van der Waals surface area contributed by atoms with Crippen molar-refractivity contribution in [3.63, 3.8) is 0 Å². The van der Waals surface area contributed by atoms with Crippen molar-refractivity contribution >= 4 is 27.3 Å². The van der Waals surface area contributed by atoms with Crippen molar-refractivity contribution < 1.29 is 13.2 Å². The molecule has 22 heavy (non-hydrogen) atoms. The minimum atomic E-state index is -3.12. The molecule has 0 aliphatic heterocycles. The van der Waals surface area contributed by atoms with Crippen LogP contribution < -0.4 is 5.32 Å². The van der Waals surface area contributed by atoms with Gasteiger partial charge in [-0.3, -0.25) is 4.79 Å². The third-order valence-corrected chi connectivity index (χ3v) is 5.19. The zero-order valence-electron chi connectivity index (χ0n) is 12.2. The highest BCUT2D eigenvalue weighted by molar-refractivity contribution is 7.90. The van der Waals surface area contributed by atoms with Gasteiger partial charge < -0.3 is 5.32 Å². The second kappa shape index (κ2) is 6.27. The molecule has 5 nitrogen and oxygen atoms in total. The lowest BCUT2D eigenvalue weighted by Gasteiger charge is -2.17. The van der Waals surface area contributed by atoms with Gasteiger partial charge in [-0.2, -0.15) is 5.26 Å². The summed E-state index contributed by atoms with van der Waals surface area (Å²) in [5, 5.41) is 12.3. The fraction of sp³-hybridized carbons (Fsp3) is 0.467. The highest BCUT2D eigenvalue weighted by atomic mass is 35.5. The van der Waals surface area contributed by atoms with E-state index in [4.69, 9.17) is 11.6 Å². The normalized spacial score (nSPS) is 17.3. The van der Waals surface area contributed by atoms with Gasteiger partial charge in [0.1, 0.15) is 15.9 Å². The number of nitriles is 1. The van der Waals surface area contributed by atoms with Crippen LogP contribution in [0.1, 0.15) is 30.9 Å². The Hall–Kier alpha value is -1.58. The van der Waals surface area contributed by atoms with Crippen molar-refractivity contribution in [3.05, 3.63) is 34.9 Å². The molecule has 118 valence electrons. The molecule has 0 aromatic heterocycles. The van der Waals surface area contributed by atoms with Gasteiger partial charge in [-0.15, -0.1) is 0 Å². The monoisotopic (exact) mass is 340 g/mol. The van der Waals surface area contributed by atoms with Gasteiger partial charge in [-0.1, -0.05) is 29.8 Å². The van der Waals surface area contributed by atoms with Gasteiger partial charge in [0.05, 0.1) is 11.8 Å². The maximum absolute atomic E-state index is 12.1. The van der Waals surface area contributed by atoms with Gasteiger partial charge in [0, 0.05) is 23.3 Å². The second-order valence-corrected chi connectivity index (χ2v) is 8.45. The smallest absolute Gasteiger partial charge is 0.221 e. The predicted octanol–water partition coefficient (Wildman–Crippen LogP) is 2.24. The summed E-state index contributed by atoms with van der Waals surface area (Å²) in [6.45, 7) is 0. The molecule has 1 saturated carbocycles. The van der Waals surface area contributed by atoms with E-state index in [1.807, 2.05) is 6.07 Å². The molecule has 1 amide bonds. The van der Waals surface area contributed by atoms with E-state index < -0.39 is 21.3 Å². The summed E-state index contributed by atoms with van der Waals surface area (Å²) in [5.41, 5.74) is 0.0750. The first kappa shape index (κ1) is 16.8. The van der Waals surface area contributed by atoms with E-state index in [0.29, 0.717) is 10.6 Å². The molecule has 1 aromatic rings.